The summed E-state index contributed by atoms with van der Waals surface area (Å²) >= 11 is 0. The molecule has 1 aliphatic heterocycles. The number of esters is 1. The van der Waals surface area contributed by atoms with Crippen molar-refractivity contribution in [2.75, 3.05) is 7.11 Å². The SMILES string of the molecule is COC(=O)C(CC1C=C(c2ccc(OCc3cc(C)nc4ccccc34)cc2)NO1)NC(=O)OC(C)(C)C. The van der Waals surface area contributed by atoms with Gasteiger partial charge >= 0.3 is 12.1 Å². The maximum Gasteiger partial charge on any atom is 0.408 e. The standard InChI is InChI=1S/C29H33N3O6/c1-18-14-20(23-8-6-7-9-24(23)30-18)17-36-21-12-10-19(11-13-21)25-15-22(38-32-25)16-26(27(33)35-5)31-28(34)37-29(2,3)4/h6-15,22,26,32H,16-17H2,1-5H3,(H,31,34). The molecule has 2 N–H and O–H groups in total. The second-order valence-electron chi connectivity index (χ2n) is 10.0. The lowest BCUT2D eigenvalue weighted by Crippen LogP contribution is -2.45. The van der Waals surface area contributed by atoms with E-state index < -0.39 is 29.8 Å². The van der Waals surface area contributed by atoms with E-state index in [1.165, 1.54) is 7.11 Å². The first-order chi connectivity index (χ1) is 18.1. The minimum absolute atomic E-state index is 0.170. The molecule has 0 bridgehead atoms. The Bertz CT molecular complexity index is 1330. The molecule has 0 saturated carbocycles. The van der Waals surface area contributed by atoms with Crippen molar-refractivity contribution in [3.05, 3.63) is 77.5 Å². The van der Waals surface area contributed by atoms with Crippen LogP contribution in [0.25, 0.3) is 16.6 Å². The molecule has 0 saturated heterocycles. The summed E-state index contributed by atoms with van der Waals surface area (Å²) in [6.07, 6.45) is 0.855. The van der Waals surface area contributed by atoms with Gasteiger partial charge in [0.1, 0.15) is 30.1 Å². The van der Waals surface area contributed by atoms with Crippen molar-refractivity contribution in [3.8, 4) is 5.75 Å². The van der Waals surface area contributed by atoms with E-state index >= 15 is 0 Å². The van der Waals surface area contributed by atoms with Crippen molar-refractivity contribution in [2.24, 2.45) is 0 Å². The summed E-state index contributed by atoms with van der Waals surface area (Å²) in [7, 11) is 1.27. The average Bonchev–Trinajstić information content (AvgIpc) is 3.34. The molecule has 2 heterocycles. The molecule has 200 valence electrons. The maximum atomic E-state index is 12.2. The largest absolute Gasteiger partial charge is 0.489 e. The van der Waals surface area contributed by atoms with Gasteiger partial charge in [0.15, 0.2) is 0 Å². The van der Waals surface area contributed by atoms with Gasteiger partial charge in [-0.25, -0.2) is 9.59 Å². The second-order valence-corrected chi connectivity index (χ2v) is 10.0. The highest BCUT2D eigenvalue weighted by atomic mass is 16.7. The Hall–Kier alpha value is -4.11. The van der Waals surface area contributed by atoms with Gasteiger partial charge in [0.25, 0.3) is 0 Å². The minimum Gasteiger partial charge on any atom is -0.489 e. The van der Waals surface area contributed by atoms with E-state index in [9.17, 15) is 9.59 Å². The van der Waals surface area contributed by atoms with Crippen LogP contribution in [-0.4, -0.2) is 41.9 Å². The number of carbonyl (C=O) groups excluding carboxylic acids is 2. The van der Waals surface area contributed by atoms with E-state index in [1.807, 2.05) is 67.6 Å². The van der Waals surface area contributed by atoms with E-state index in [1.54, 1.807) is 20.8 Å². The molecule has 0 spiro atoms. The number of amides is 1. The fourth-order valence-corrected chi connectivity index (χ4v) is 4.11. The Labute approximate surface area is 222 Å². The van der Waals surface area contributed by atoms with Gasteiger partial charge in [-0.3, -0.25) is 15.3 Å². The Morgan fingerprint density at radius 1 is 1.13 bits per heavy atom. The Balaban J connectivity index is 1.38. The highest BCUT2D eigenvalue weighted by molar-refractivity contribution is 5.82. The van der Waals surface area contributed by atoms with Crippen LogP contribution >= 0.6 is 0 Å². The van der Waals surface area contributed by atoms with Crippen molar-refractivity contribution in [2.45, 2.75) is 58.5 Å². The maximum absolute atomic E-state index is 12.2. The van der Waals surface area contributed by atoms with Crippen LogP contribution in [0.5, 0.6) is 5.75 Å². The van der Waals surface area contributed by atoms with Gasteiger partial charge in [0, 0.05) is 23.1 Å². The van der Waals surface area contributed by atoms with Crippen molar-refractivity contribution < 1.29 is 28.6 Å². The predicted octanol–water partition coefficient (Wildman–Crippen LogP) is 4.82. The number of aromatic nitrogens is 1. The molecule has 9 heteroatoms. The van der Waals surface area contributed by atoms with E-state index in [0.717, 1.165) is 39.2 Å². The van der Waals surface area contributed by atoms with Crippen LogP contribution in [0.15, 0.2) is 60.7 Å². The Morgan fingerprint density at radius 2 is 1.87 bits per heavy atom. The van der Waals surface area contributed by atoms with Gasteiger partial charge in [0.05, 0.1) is 18.3 Å². The highest BCUT2D eigenvalue weighted by Crippen LogP contribution is 2.25. The number of carbonyl (C=O) groups is 2. The van der Waals surface area contributed by atoms with Gasteiger partial charge in [0.2, 0.25) is 0 Å². The van der Waals surface area contributed by atoms with E-state index in [-0.39, 0.29) is 6.42 Å². The topological polar surface area (TPSA) is 108 Å². The molecule has 1 amide bonds. The third-order valence-electron chi connectivity index (χ3n) is 5.81. The lowest BCUT2D eigenvalue weighted by Gasteiger charge is -2.23. The number of ether oxygens (including phenoxy) is 3. The van der Waals surface area contributed by atoms with Crippen LogP contribution in [0, 0.1) is 6.92 Å². The van der Waals surface area contributed by atoms with Crippen LogP contribution in [0.3, 0.4) is 0 Å². The summed E-state index contributed by atoms with van der Waals surface area (Å²) in [5.74, 6) is 0.149. The number of nitrogens with zero attached hydrogens (tertiary/aromatic N) is 1. The molecule has 0 radical (unpaired) electrons. The molecule has 0 aliphatic carbocycles. The fraction of sp³-hybridized carbons (Fsp3) is 0.345. The molecule has 2 aromatic carbocycles. The molecule has 9 nitrogen and oxygen atoms in total. The Kier molecular flexibility index (Phi) is 8.16. The van der Waals surface area contributed by atoms with Gasteiger partial charge in [-0.2, -0.15) is 0 Å². The number of hydrogen-bond acceptors (Lipinski definition) is 8. The molecule has 0 fully saturated rings. The lowest BCUT2D eigenvalue weighted by molar-refractivity contribution is -0.144. The monoisotopic (exact) mass is 519 g/mol. The zero-order chi connectivity index (χ0) is 27.3. The van der Waals surface area contributed by atoms with Crippen molar-refractivity contribution >= 4 is 28.7 Å². The molecule has 1 aliphatic rings. The summed E-state index contributed by atoms with van der Waals surface area (Å²) in [5, 5.41) is 3.64. The first kappa shape index (κ1) is 26.9. The number of rotatable bonds is 8. The number of methoxy groups -OCH3 is 1. The third-order valence-corrected chi connectivity index (χ3v) is 5.81. The highest BCUT2D eigenvalue weighted by Gasteiger charge is 2.30. The number of hydroxylamine groups is 1. The number of aryl methyl sites for hydroxylation is 1. The number of nitrogens with one attached hydrogen (secondary N) is 2. The normalized spacial score (nSPS) is 15.8. The summed E-state index contributed by atoms with van der Waals surface area (Å²) in [4.78, 5) is 34.6. The van der Waals surface area contributed by atoms with Crippen LogP contribution in [0.2, 0.25) is 0 Å². The first-order valence-corrected chi connectivity index (χ1v) is 12.4. The lowest BCUT2D eigenvalue weighted by atomic mass is 10.1. The van der Waals surface area contributed by atoms with Gasteiger partial charge < -0.3 is 19.5 Å². The molecular weight excluding hydrogens is 486 g/mol. The third kappa shape index (κ3) is 7.01. The summed E-state index contributed by atoms with van der Waals surface area (Å²) in [6, 6.07) is 16.8. The van der Waals surface area contributed by atoms with Crippen LogP contribution in [0.1, 0.15) is 44.0 Å². The zero-order valence-electron chi connectivity index (χ0n) is 22.2. The molecule has 2 unspecified atom stereocenters. The molecule has 38 heavy (non-hydrogen) atoms. The molecular formula is C29H33N3O6. The molecule has 4 rings (SSSR count). The first-order valence-electron chi connectivity index (χ1n) is 12.4. The van der Waals surface area contributed by atoms with E-state index in [0.29, 0.717) is 6.61 Å². The predicted molar refractivity (Wildman–Crippen MR) is 143 cm³/mol. The number of para-hydroxylation sites is 1. The van der Waals surface area contributed by atoms with Crippen molar-refractivity contribution in [1.82, 2.24) is 15.8 Å². The van der Waals surface area contributed by atoms with Crippen molar-refractivity contribution in [1.29, 1.82) is 0 Å². The van der Waals surface area contributed by atoms with E-state index in [2.05, 4.69) is 15.8 Å². The molecule has 2 atom stereocenters. The summed E-state index contributed by atoms with van der Waals surface area (Å²) < 4.78 is 16.2. The van der Waals surface area contributed by atoms with Gasteiger partial charge in [-0.05, 0) is 75.7 Å². The van der Waals surface area contributed by atoms with Crippen LogP contribution in [-0.2, 0) is 25.7 Å². The Morgan fingerprint density at radius 3 is 2.58 bits per heavy atom. The number of hydrogen-bond donors (Lipinski definition) is 2. The van der Waals surface area contributed by atoms with Crippen molar-refractivity contribution in [3.63, 3.8) is 0 Å². The molecule has 1 aromatic heterocycles. The smallest absolute Gasteiger partial charge is 0.408 e. The number of alkyl carbamates (subject to hydrolysis) is 1. The second kappa shape index (κ2) is 11.5. The number of pyridine rings is 1. The number of benzene rings is 2. The zero-order valence-corrected chi connectivity index (χ0v) is 22.2. The van der Waals surface area contributed by atoms with Crippen LogP contribution in [0.4, 0.5) is 4.79 Å². The van der Waals surface area contributed by atoms with Gasteiger partial charge in [-0.15, -0.1) is 0 Å². The summed E-state index contributed by atoms with van der Waals surface area (Å²) in [5.41, 5.74) is 6.82. The van der Waals surface area contributed by atoms with Crippen LogP contribution < -0.4 is 15.5 Å². The fourth-order valence-electron chi connectivity index (χ4n) is 4.11. The molecule has 3 aromatic rings. The minimum atomic E-state index is -0.930. The van der Waals surface area contributed by atoms with E-state index in [4.69, 9.17) is 19.0 Å². The quantitative estimate of drug-likeness (QED) is 0.408. The number of fused-ring (bicyclic) bond motifs is 1. The summed E-state index contributed by atoms with van der Waals surface area (Å²) in [6.45, 7) is 7.64. The van der Waals surface area contributed by atoms with Gasteiger partial charge in [-0.1, -0.05) is 18.2 Å². The average molecular weight is 520 g/mol.